The zero-order valence-corrected chi connectivity index (χ0v) is 14.1. The predicted octanol–water partition coefficient (Wildman–Crippen LogP) is 1.21. The van der Waals surface area contributed by atoms with E-state index in [4.69, 9.17) is 0 Å². The highest BCUT2D eigenvalue weighted by Gasteiger charge is 2.48. The minimum absolute atomic E-state index is 0.0385. The van der Waals surface area contributed by atoms with E-state index in [1.54, 1.807) is 0 Å². The Kier molecular flexibility index (Phi) is 4.65. The molecular formula is C17H14N4O6. The van der Waals surface area contributed by atoms with Gasteiger partial charge in [0.25, 0.3) is 11.6 Å². The first-order chi connectivity index (χ1) is 12.9. The molecule has 1 unspecified atom stereocenters. The van der Waals surface area contributed by atoms with Gasteiger partial charge in [-0.25, -0.2) is 4.79 Å². The van der Waals surface area contributed by atoms with E-state index in [1.165, 1.54) is 42.7 Å². The molecule has 10 heteroatoms. The Balaban J connectivity index is 2.09. The van der Waals surface area contributed by atoms with E-state index in [0.717, 1.165) is 18.2 Å². The average molecular weight is 370 g/mol. The van der Waals surface area contributed by atoms with Crippen LogP contribution in [-0.4, -0.2) is 44.7 Å². The van der Waals surface area contributed by atoms with Gasteiger partial charge in [0, 0.05) is 30.1 Å². The maximum atomic E-state index is 12.8. The molecule has 0 spiro atoms. The number of ether oxygens (including phenoxy) is 1. The molecule has 1 aliphatic rings. The first-order valence-corrected chi connectivity index (χ1v) is 7.74. The van der Waals surface area contributed by atoms with Gasteiger partial charge in [0.05, 0.1) is 24.0 Å². The number of benzene rings is 1. The lowest BCUT2D eigenvalue weighted by Crippen LogP contribution is -2.43. The highest BCUT2D eigenvalue weighted by Crippen LogP contribution is 2.37. The summed E-state index contributed by atoms with van der Waals surface area (Å²) in [5, 5.41) is 26.9. The van der Waals surface area contributed by atoms with Gasteiger partial charge in [0.2, 0.25) is 0 Å². The van der Waals surface area contributed by atoms with Gasteiger partial charge >= 0.3 is 5.97 Å². The Morgan fingerprint density at radius 2 is 2.11 bits per heavy atom. The van der Waals surface area contributed by atoms with Crippen LogP contribution in [0.1, 0.15) is 22.3 Å². The van der Waals surface area contributed by atoms with Crippen molar-refractivity contribution in [1.82, 2.24) is 9.99 Å². The number of aliphatic hydroxyl groups is 1. The summed E-state index contributed by atoms with van der Waals surface area (Å²) in [5.74, 6) is -1.55. The fourth-order valence-corrected chi connectivity index (χ4v) is 2.70. The normalized spacial score (nSPS) is 18.7. The van der Waals surface area contributed by atoms with Crippen molar-refractivity contribution in [3.63, 3.8) is 0 Å². The van der Waals surface area contributed by atoms with E-state index in [9.17, 15) is 24.8 Å². The highest BCUT2D eigenvalue weighted by molar-refractivity contribution is 6.37. The summed E-state index contributed by atoms with van der Waals surface area (Å²) in [5.41, 5.74) is -2.40. The van der Waals surface area contributed by atoms with E-state index in [1.807, 2.05) is 0 Å². The number of pyridine rings is 1. The third kappa shape index (κ3) is 3.25. The van der Waals surface area contributed by atoms with E-state index in [2.05, 4.69) is 14.8 Å². The molecule has 0 radical (unpaired) electrons. The number of amides is 1. The van der Waals surface area contributed by atoms with Crippen LogP contribution in [0.15, 0.2) is 53.9 Å². The summed E-state index contributed by atoms with van der Waals surface area (Å²) >= 11 is 0. The molecule has 1 atom stereocenters. The summed E-state index contributed by atoms with van der Waals surface area (Å²) < 4.78 is 4.62. The quantitative estimate of drug-likeness (QED) is 0.485. The smallest absolute Gasteiger partial charge is 0.354 e. The standard InChI is InChI=1S/C17H14N4O6/c1-27-16(23)14-9-17(24,12-5-2-6-13(8-12)21(25)26)20(19-14)15(22)11-4-3-7-18-10-11/h2-8,10,24H,9H2,1H3. The van der Waals surface area contributed by atoms with Gasteiger partial charge in [-0.2, -0.15) is 10.1 Å². The lowest BCUT2D eigenvalue weighted by atomic mass is 9.96. The summed E-state index contributed by atoms with van der Waals surface area (Å²) in [6.45, 7) is 0. The molecule has 0 fully saturated rings. The van der Waals surface area contributed by atoms with E-state index in [-0.39, 0.29) is 28.9 Å². The van der Waals surface area contributed by atoms with Gasteiger partial charge in [0.1, 0.15) is 0 Å². The largest absolute Gasteiger partial charge is 0.464 e. The van der Waals surface area contributed by atoms with Crippen LogP contribution in [0.5, 0.6) is 0 Å². The molecule has 10 nitrogen and oxygen atoms in total. The molecule has 27 heavy (non-hydrogen) atoms. The molecule has 3 rings (SSSR count). The van der Waals surface area contributed by atoms with Crippen molar-refractivity contribution < 1.29 is 24.4 Å². The highest BCUT2D eigenvalue weighted by atomic mass is 16.6. The fraction of sp³-hybridized carbons (Fsp3) is 0.176. The Hall–Kier alpha value is -3.66. The Labute approximate surface area is 152 Å². The second-order valence-electron chi connectivity index (χ2n) is 5.70. The number of carbonyl (C=O) groups is 2. The Bertz CT molecular complexity index is 945. The molecule has 2 heterocycles. The lowest BCUT2D eigenvalue weighted by Gasteiger charge is -2.31. The summed E-state index contributed by atoms with van der Waals surface area (Å²) in [6.07, 6.45) is 2.37. The SMILES string of the molecule is COC(=O)C1=NN(C(=O)c2cccnc2)C(O)(c2cccc([N+](=O)[O-])c2)C1. The van der Waals surface area contributed by atoms with Crippen LogP contribution in [0.4, 0.5) is 5.69 Å². The Morgan fingerprint density at radius 3 is 2.74 bits per heavy atom. The zero-order chi connectivity index (χ0) is 19.6. The Morgan fingerprint density at radius 1 is 1.33 bits per heavy atom. The molecule has 0 aliphatic carbocycles. The maximum Gasteiger partial charge on any atom is 0.354 e. The first-order valence-electron chi connectivity index (χ1n) is 7.74. The fourth-order valence-electron chi connectivity index (χ4n) is 2.70. The van der Waals surface area contributed by atoms with Crippen molar-refractivity contribution in [3.05, 3.63) is 70.0 Å². The van der Waals surface area contributed by atoms with Crippen LogP contribution < -0.4 is 0 Å². The molecule has 0 bridgehead atoms. The van der Waals surface area contributed by atoms with Gasteiger partial charge in [-0.1, -0.05) is 12.1 Å². The monoisotopic (exact) mass is 370 g/mol. The van der Waals surface area contributed by atoms with Gasteiger partial charge in [-0.3, -0.25) is 19.9 Å². The number of aromatic nitrogens is 1. The van der Waals surface area contributed by atoms with Crippen molar-refractivity contribution in [2.75, 3.05) is 7.11 Å². The third-order valence-corrected chi connectivity index (χ3v) is 4.03. The van der Waals surface area contributed by atoms with Gasteiger partial charge < -0.3 is 9.84 Å². The number of carbonyl (C=O) groups excluding carboxylic acids is 2. The minimum Gasteiger partial charge on any atom is -0.464 e. The number of non-ortho nitro benzene ring substituents is 1. The van der Waals surface area contributed by atoms with E-state index in [0.29, 0.717) is 0 Å². The number of nitro benzene ring substituents is 1. The number of hydrogen-bond donors (Lipinski definition) is 1. The maximum absolute atomic E-state index is 12.8. The molecule has 1 aromatic carbocycles. The number of hydrogen-bond acceptors (Lipinski definition) is 8. The second-order valence-corrected chi connectivity index (χ2v) is 5.70. The number of rotatable bonds is 4. The molecular weight excluding hydrogens is 356 g/mol. The topological polar surface area (TPSA) is 135 Å². The van der Waals surface area contributed by atoms with Crippen LogP contribution in [0.2, 0.25) is 0 Å². The minimum atomic E-state index is -2.09. The molecule has 0 saturated heterocycles. The van der Waals surface area contributed by atoms with Crippen LogP contribution in [0.3, 0.4) is 0 Å². The van der Waals surface area contributed by atoms with Crippen molar-refractivity contribution in [1.29, 1.82) is 0 Å². The van der Waals surface area contributed by atoms with Crippen LogP contribution in [0.25, 0.3) is 0 Å². The molecule has 1 aliphatic heterocycles. The summed E-state index contributed by atoms with van der Waals surface area (Å²) in [7, 11) is 1.14. The second kappa shape index (κ2) is 6.92. The third-order valence-electron chi connectivity index (χ3n) is 4.03. The van der Waals surface area contributed by atoms with Gasteiger partial charge in [-0.05, 0) is 12.1 Å². The van der Waals surface area contributed by atoms with Crippen molar-refractivity contribution in [3.8, 4) is 0 Å². The van der Waals surface area contributed by atoms with E-state index < -0.39 is 22.5 Å². The van der Waals surface area contributed by atoms with E-state index >= 15 is 0 Å². The van der Waals surface area contributed by atoms with Crippen LogP contribution in [-0.2, 0) is 15.3 Å². The number of hydrazone groups is 1. The number of nitro groups is 1. The molecule has 1 N–H and O–H groups in total. The number of nitrogens with zero attached hydrogens (tertiary/aromatic N) is 4. The lowest BCUT2D eigenvalue weighted by molar-refractivity contribution is -0.385. The molecule has 2 aromatic rings. The number of methoxy groups -OCH3 is 1. The average Bonchev–Trinajstić information content (AvgIpc) is 3.06. The van der Waals surface area contributed by atoms with Gasteiger partial charge in [0.15, 0.2) is 11.4 Å². The van der Waals surface area contributed by atoms with Gasteiger partial charge in [-0.15, -0.1) is 0 Å². The zero-order valence-electron chi connectivity index (χ0n) is 14.1. The van der Waals surface area contributed by atoms with Crippen molar-refractivity contribution in [2.24, 2.45) is 5.10 Å². The summed E-state index contributed by atoms with van der Waals surface area (Å²) in [4.78, 5) is 39.0. The summed E-state index contributed by atoms with van der Waals surface area (Å²) in [6, 6.07) is 8.15. The molecule has 0 saturated carbocycles. The van der Waals surface area contributed by atoms with Crippen LogP contribution in [0, 0.1) is 10.1 Å². The first kappa shape index (κ1) is 18.1. The van der Waals surface area contributed by atoms with Crippen molar-refractivity contribution >= 4 is 23.3 Å². The van der Waals surface area contributed by atoms with Crippen molar-refractivity contribution in [2.45, 2.75) is 12.1 Å². The molecule has 138 valence electrons. The predicted molar refractivity (Wildman–Crippen MR) is 91.5 cm³/mol. The van der Waals surface area contributed by atoms with Crippen LogP contribution >= 0.6 is 0 Å². The molecule has 1 aromatic heterocycles. The number of esters is 1. The molecule has 1 amide bonds.